The topological polar surface area (TPSA) is 56.4 Å². The van der Waals surface area contributed by atoms with Crippen LogP contribution in [0.15, 0.2) is 40.5 Å². The number of benzene rings is 1. The van der Waals surface area contributed by atoms with Crippen LogP contribution in [0.3, 0.4) is 0 Å². The van der Waals surface area contributed by atoms with Crippen LogP contribution in [-0.2, 0) is 4.79 Å². The normalized spacial score (nSPS) is 25.6. The van der Waals surface area contributed by atoms with Crippen molar-refractivity contribution in [2.45, 2.75) is 25.8 Å². The lowest BCUT2D eigenvalue weighted by Gasteiger charge is -2.16. The number of nitrogens with one attached hydrogen (secondary N) is 3. The minimum atomic E-state index is -0.0186. The van der Waals surface area contributed by atoms with E-state index in [0.29, 0.717) is 17.4 Å². The molecule has 128 valence electrons. The molecule has 0 aliphatic carbocycles. The molecule has 0 aromatic heterocycles. The highest BCUT2D eigenvalue weighted by Crippen LogP contribution is 2.28. The highest BCUT2D eigenvalue weighted by molar-refractivity contribution is 9.10. The molecule has 2 aliphatic rings. The lowest BCUT2D eigenvalue weighted by molar-refractivity contribution is -0.122. The first-order valence-corrected chi connectivity index (χ1v) is 9.38. The van der Waals surface area contributed by atoms with Gasteiger partial charge in [-0.3, -0.25) is 15.1 Å². The van der Waals surface area contributed by atoms with E-state index in [2.05, 4.69) is 51.2 Å². The first-order valence-electron chi connectivity index (χ1n) is 8.18. The van der Waals surface area contributed by atoms with Gasteiger partial charge in [0, 0.05) is 23.5 Å². The second-order valence-electron chi connectivity index (χ2n) is 6.04. The van der Waals surface area contributed by atoms with Crippen LogP contribution >= 0.6 is 28.1 Å². The van der Waals surface area contributed by atoms with Crippen molar-refractivity contribution in [1.82, 2.24) is 21.1 Å². The number of nitrogens with zero attached hydrogens (tertiary/aromatic N) is 1. The van der Waals surface area contributed by atoms with Gasteiger partial charge in [-0.05, 0) is 42.4 Å². The number of hydrazine groups is 1. The van der Waals surface area contributed by atoms with E-state index in [-0.39, 0.29) is 17.9 Å². The minimum Gasteiger partial charge on any atom is -0.328 e. The standard InChI is InChI=1S/C17H21BrN4OS/c1-2-3-8-22-16(23)14(20-17(22)24)9-12-10-19-21-15(12)11-4-6-13(18)7-5-11/h4-7,9,12,15,19,21H,2-3,8,10H2,1H3,(H,20,24)/b14-9+. The molecule has 24 heavy (non-hydrogen) atoms. The van der Waals surface area contributed by atoms with Gasteiger partial charge in [0.1, 0.15) is 5.70 Å². The van der Waals surface area contributed by atoms with Gasteiger partial charge in [0.05, 0.1) is 6.04 Å². The minimum absolute atomic E-state index is 0.0186. The predicted octanol–water partition coefficient (Wildman–Crippen LogP) is 2.61. The first kappa shape index (κ1) is 17.5. The van der Waals surface area contributed by atoms with Crippen LogP contribution in [0.4, 0.5) is 0 Å². The van der Waals surface area contributed by atoms with Gasteiger partial charge in [-0.2, -0.15) is 0 Å². The molecule has 0 saturated carbocycles. The smallest absolute Gasteiger partial charge is 0.276 e. The van der Waals surface area contributed by atoms with E-state index in [9.17, 15) is 4.79 Å². The Morgan fingerprint density at radius 1 is 1.38 bits per heavy atom. The average Bonchev–Trinajstić information content (AvgIpc) is 3.13. The third-order valence-corrected chi connectivity index (χ3v) is 5.18. The fourth-order valence-corrected chi connectivity index (χ4v) is 3.54. The van der Waals surface area contributed by atoms with Crippen LogP contribution in [-0.4, -0.2) is 29.0 Å². The van der Waals surface area contributed by atoms with E-state index in [1.165, 1.54) is 5.56 Å². The molecule has 2 heterocycles. The second-order valence-corrected chi connectivity index (χ2v) is 7.34. The maximum absolute atomic E-state index is 12.6. The summed E-state index contributed by atoms with van der Waals surface area (Å²) in [5, 5.41) is 3.59. The molecule has 2 aliphatic heterocycles. The second kappa shape index (κ2) is 7.74. The Balaban J connectivity index is 1.76. The Morgan fingerprint density at radius 2 is 2.12 bits per heavy atom. The van der Waals surface area contributed by atoms with Crippen LogP contribution in [0.1, 0.15) is 31.4 Å². The maximum atomic E-state index is 12.6. The molecule has 5 nitrogen and oxygen atoms in total. The van der Waals surface area contributed by atoms with Crippen molar-refractivity contribution in [1.29, 1.82) is 0 Å². The SMILES string of the molecule is CCCCN1C(=O)/C(=C\C2CNNC2c2ccc(Br)cc2)NC1=S. The number of rotatable bonds is 5. The summed E-state index contributed by atoms with van der Waals surface area (Å²) in [5.74, 6) is 0.154. The Hall–Kier alpha value is -1.28. The Bertz CT molecular complexity index is 661. The van der Waals surface area contributed by atoms with Gasteiger partial charge in [0.25, 0.3) is 5.91 Å². The molecule has 0 bridgehead atoms. The van der Waals surface area contributed by atoms with Crippen LogP contribution < -0.4 is 16.2 Å². The fourth-order valence-electron chi connectivity index (χ4n) is 2.99. The van der Waals surface area contributed by atoms with Crippen LogP contribution in [0.5, 0.6) is 0 Å². The molecule has 2 unspecified atom stereocenters. The lowest BCUT2D eigenvalue weighted by Crippen LogP contribution is -2.31. The molecule has 2 atom stereocenters. The number of hydrogen-bond acceptors (Lipinski definition) is 4. The lowest BCUT2D eigenvalue weighted by atomic mass is 9.94. The van der Waals surface area contributed by atoms with E-state index in [4.69, 9.17) is 12.2 Å². The largest absolute Gasteiger partial charge is 0.328 e. The zero-order chi connectivity index (χ0) is 17.1. The molecule has 7 heteroatoms. The molecule has 1 aromatic rings. The first-order chi connectivity index (χ1) is 11.6. The molecule has 0 spiro atoms. The molecule has 3 N–H and O–H groups in total. The quantitative estimate of drug-likeness (QED) is 0.516. The van der Waals surface area contributed by atoms with Crippen LogP contribution in [0.2, 0.25) is 0 Å². The number of carbonyl (C=O) groups excluding carboxylic acids is 1. The molecule has 2 fully saturated rings. The van der Waals surface area contributed by atoms with E-state index in [1.807, 2.05) is 18.2 Å². The molecular formula is C17H21BrN4OS. The monoisotopic (exact) mass is 408 g/mol. The van der Waals surface area contributed by atoms with Gasteiger partial charge in [-0.15, -0.1) is 0 Å². The Kier molecular flexibility index (Phi) is 5.65. The summed E-state index contributed by atoms with van der Waals surface area (Å²) in [6.45, 7) is 3.54. The summed E-state index contributed by atoms with van der Waals surface area (Å²) < 4.78 is 1.05. The van der Waals surface area contributed by atoms with E-state index in [1.54, 1.807) is 4.90 Å². The molecule has 1 aromatic carbocycles. The van der Waals surface area contributed by atoms with Gasteiger partial charge in [-0.25, -0.2) is 5.43 Å². The molecular weight excluding hydrogens is 388 g/mol. The number of unbranched alkanes of at least 4 members (excludes halogenated alkanes) is 1. The van der Waals surface area contributed by atoms with Gasteiger partial charge in [-0.1, -0.05) is 41.4 Å². The van der Waals surface area contributed by atoms with Crippen molar-refractivity contribution >= 4 is 39.2 Å². The fraction of sp³-hybridized carbons (Fsp3) is 0.412. The molecule has 0 radical (unpaired) electrons. The summed E-state index contributed by atoms with van der Waals surface area (Å²) in [6, 6.07) is 8.35. The summed E-state index contributed by atoms with van der Waals surface area (Å²) in [6.07, 6.45) is 3.99. The number of halogens is 1. The van der Waals surface area contributed by atoms with E-state index < -0.39 is 0 Å². The third-order valence-electron chi connectivity index (χ3n) is 4.33. The highest BCUT2D eigenvalue weighted by atomic mass is 79.9. The van der Waals surface area contributed by atoms with Gasteiger partial charge in [0.2, 0.25) is 0 Å². The number of carbonyl (C=O) groups is 1. The van der Waals surface area contributed by atoms with E-state index >= 15 is 0 Å². The van der Waals surface area contributed by atoms with Gasteiger partial charge < -0.3 is 5.32 Å². The maximum Gasteiger partial charge on any atom is 0.276 e. The van der Waals surface area contributed by atoms with Crippen LogP contribution in [0.25, 0.3) is 0 Å². The zero-order valence-corrected chi connectivity index (χ0v) is 15.9. The van der Waals surface area contributed by atoms with Crippen molar-refractivity contribution < 1.29 is 4.79 Å². The molecule has 1 amide bonds. The average molecular weight is 409 g/mol. The summed E-state index contributed by atoms with van der Waals surface area (Å²) in [5.41, 5.74) is 8.25. The molecule has 3 rings (SSSR count). The Labute approximate surface area is 156 Å². The number of amides is 1. The van der Waals surface area contributed by atoms with Crippen molar-refractivity contribution in [3.8, 4) is 0 Å². The van der Waals surface area contributed by atoms with Crippen molar-refractivity contribution in [3.63, 3.8) is 0 Å². The zero-order valence-electron chi connectivity index (χ0n) is 13.5. The summed E-state index contributed by atoms with van der Waals surface area (Å²) in [4.78, 5) is 14.2. The van der Waals surface area contributed by atoms with Gasteiger partial charge in [0.15, 0.2) is 5.11 Å². The van der Waals surface area contributed by atoms with Gasteiger partial charge >= 0.3 is 0 Å². The van der Waals surface area contributed by atoms with Crippen molar-refractivity contribution in [3.05, 3.63) is 46.1 Å². The highest BCUT2D eigenvalue weighted by Gasteiger charge is 2.33. The number of thiocarbonyl (C=S) groups is 1. The van der Waals surface area contributed by atoms with Crippen molar-refractivity contribution in [2.24, 2.45) is 5.92 Å². The third kappa shape index (κ3) is 3.69. The predicted molar refractivity (Wildman–Crippen MR) is 102 cm³/mol. The van der Waals surface area contributed by atoms with Crippen LogP contribution in [0, 0.1) is 5.92 Å². The van der Waals surface area contributed by atoms with Crippen molar-refractivity contribution in [2.75, 3.05) is 13.1 Å². The molecule has 2 saturated heterocycles. The summed E-state index contributed by atoms with van der Waals surface area (Å²) >= 11 is 8.76. The van der Waals surface area contributed by atoms with E-state index in [0.717, 1.165) is 23.9 Å². The number of hydrogen-bond donors (Lipinski definition) is 3. The Morgan fingerprint density at radius 3 is 2.83 bits per heavy atom. The summed E-state index contributed by atoms with van der Waals surface area (Å²) in [7, 11) is 0.